The first-order chi connectivity index (χ1) is 13.7. The first-order valence-electron chi connectivity index (χ1n) is 10.1. The molecule has 0 unspecified atom stereocenters. The average Bonchev–Trinajstić information content (AvgIpc) is 3.40. The summed E-state index contributed by atoms with van der Waals surface area (Å²) in [7, 11) is 1.88. The Balaban J connectivity index is 1.68. The minimum atomic E-state index is -0.118. The Hall–Kier alpha value is -2.90. The Morgan fingerprint density at radius 3 is 2.72 bits per heavy atom. The van der Waals surface area contributed by atoms with Crippen LogP contribution in [0.5, 0.6) is 0 Å². The summed E-state index contributed by atoms with van der Waals surface area (Å²) in [5.41, 5.74) is 3.86. The lowest BCUT2D eigenvalue weighted by atomic mass is 9.92. The van der Waals surface area contributed by atoms with Crippen molar-refractivity contribution >= 4 is 5.91 Å². The molecule has 0 aromatic carbocycles. The first-order valence-corrected chi connectivity index (χ1v) is 10.1. The second-order valence-electron chi connectivity index (χ2n) is 8.86. The van der Waals surface area contributed by atoms with Crippen molar-refractivity contribution in [2.24, 2.45) is 7.05 Å². The van der Waals surface area contributed by atoms with Gasteiger partial charge in [-0.2, -0.15) is 10.2 Å². The number of carbonyl (C=O) groups is 1. The molecule has 0 saturated carbocycles. The van der Waals surface area contributed by atoms with Crippen molar-refractivity contribution in [2.45, 2.75) is 58.4 Å². The smallest absolute Gasteiger partial charge is 0.274 e. The zero-order valence-corrected chi connectivity index (χ0v) is 17.7. The molecule has 0 spiro atoms. The summed E-state index contributed by atoms with van der Waals surface area (Å²) in [5, 5.41) is 16.0. The Kier molecular flexibility index (Phi) is 4.80. The highest BCUT2D eigenvalue weighted by Crippen LogP contribution is 2.37. The fourth-order valence-electron chi connectivity index (χ4n) is 3.85. The van der Waals surface area contributed by atoms with Gasteiger partial charge >= 0.3 is 0 Å². The summed E-state index contributed by atoms with van der Waals surface area (Å²) in [6.07, 6.45) is 4.81. The topological polar surface area (TPSA) is 92.8 Å². The van der Waals surface area contributed by atoms with Crippen LogP contribution in [0.2, 0.25) is 0 Å². The van der Waals surface area contributed by atoms with E-state index in [0.717, 1.165) is 41.9 Å². The molecule has 154 valence electrons. The number of likely N-dealkylation sites (tertiary alicyclic amines) is 1. The number of nitrogens with one attached hydrogen (secondary N) is 1. The second kappa shape index (κ2) is 7.17. The predicted molar refractivity (Wildman–Crippen MR) is 108 cm³/mol. The van der Waals surface area contributed by atoms with Gasteiger partial charge in [0.1, 0.15) is 5.69 Å². The number of rotatable bonds is 3. The zero-order valence-electron chi connectivity index (χ0n) is 17.7. The van der Waals surface area contributed by atoms with Crippen molar-refractivity contribution in [3.63, 3.8) is 0 Å². The average molecular weight is 396 g/mol. The third kappa shape index (κ3) is 3.71. The molecule has 1 fully saturated rings. The molecule has 3 aromatic heterocycles. The lowest BCUT2D eigenvalue weighted by molar-refractivity contribution is 0.0599. The van der Waals surface area contributed by atoms with Crippen LogP contribution in [-0.2, 0) is 12.5 Å². The first kappa shape index (κ1) is 19.4. The van der Waals surface area contributed by atoms with Gasteiger partial charge in [-0.05, 0) is 32.3 Å². The molecular formula is C21H28N6O2. The van der Waals surface area contributed by atoms with Crippen LogP contribution in [0.25, 0.3) is 11.3 Å². The summed E-state index contributed by atoms with van der Waals surface area (Å²) in [6.45, 7) is 8.87. The Bertz CT molecular complexity index is 1020. The fourth-order valence-corrected chi connectivity index (χ4v) is 3.85. The predicted octanol–water partition coefficient (Wildman–Crippen LogP) is 3.77. The number of aromatic amines is 1. The lowest BCUT2D eigenvalue weighted by Gasteiger charge is -2.34. The highest BCUT2D eigenvalue weighted by molar-refractivity contribution is 5.93. The molecule has 1 aliphatic rings. The molecule has 1 aliphatic heterocycles. The van der Waals surface area contributed by atoms with E-state index in [1.807, 2.05) is 37.2 Å². The van der Waals surface area contributed by atoms with E-state index in [1.54, 1.807) is 4.68 Å². The van der Waals surface area contributed by atoms with Crippen molar-refractivity contribution < 1.29 is 9.32 Å². The van der Waals surface area contributed by atoms with Crippen LogP contribution in [0.1, 0.15) is 73.6 Å². The van der Waals surface area contributed by atoms with Gasteiger partial charge in [-0.3, -0.25) is 14.6 Å². The summed E-state index contributed by atoms with van der Waals surface area (Å²) in [6, 6.07) is 3.65. The quantitative estimate of drug-likeness (QED) is 0.727. The van der Waals surface area contributed by atoms with E-state index in [1.165, 1.54) is 0 Å². The maximum atomic E-state index is 13.4. The van der Waals surface area contributed by atoms with Crippen molar-refractivity contribution in [2.75, 3.05) is 6.54 Å². The molecular weight excluding hydrogens is 368 g/mol. The van der Waals surface area contributed by atoms with Crippen molar-refractivity contribution in [3.8, 4) is 11.3 Å². The molecule has 0 aliphatic carbocycles. The SMILES string of the molecule is Cc1cc(-c2cn(C)nc2[C@@H]2CCCCN2C(=O)c2cc(C(C)(C)C)[nH]n2)on1. The number of carbonyl (C=O) groups excluding carboxylic acids is 1. The molecule has 3 aromatic rings. The number of hydrogen-bond donors (Lipinski definition) is 1. The van der Waals surface area contributed by atoms with Crippen molar-refractivity contribution in [1.82, 2.24) is 30.0 Å². The number of hydrogen-bond acceptors (Lipinski definition) is 5. The van der Waals surface area contributed by atoms with E-state index in [9.17, 15) is 4.79 Å². The molecule has 1 atom stereocenters. The van der Waals surface area contributed by atoms with E-state index in [2.05, 4.69) is 36.1 Å². The van der Waals surface area contributed by atoms with Gasteiger partial charge in [-0.25, -0.2) is 0 Å². The Morgan fingerprint density at radius 1 is 1.28 bits per heavy atom. The lowest BCUT2D eigenvalue weighted by Crippen LogP contribution is -2.39. The number of piperidine rings is 1. The van der Waals surface area contributed by atoms with Gasteiger partial charge in [0.05, 0.1) is 23.0 Å². The van der Waals surface area contributed by atoms with Crippen LogP contribution in [0, 0.1) is 6.92 Å². The van der Waals surface area contributed by atoms with E-state index < -0.39 is 0 Å². The number of aromatic nitrogens is 5. The molecule has 0 bridgehead atoms. The molecule has 8 heteroatoms. The van der Waals surface area contributed by atoms with Gasteiger partial charge in [0, 0.05) is 37.0 Å². The van der Waals surface area contributed by atoms with Gasteiger partial charge in [0.2, 0.25) is 0 Å². The summed E-state index contributed by atoms with van der Waals surface area (Å²) in [4.78, 5) is 15.3. The maximum Gasteiger partial charge on any atom is 0.274 e. The summed E-state index contributed by atoms with van der Waals surface area (Å²) < 4.78 is 7.26. The van der Waals surface area contributed by atoms with Crippen molar-refractivity contribution in [1.29, 1.82) is 0 Å². The monoisotopic (exact) mass is 396 g/mol. The second-order valence-corrected chi connectivity index (χ2v) is 8.86. The standard InChI is InChI=1S/C21H28N6O2/c1-13-10-17(29-25-13)14-12-26(5)24-19(14)16-8-6-7-9-27(16)20(28)15-11-18(23-22-15)21(2,3)4/h10-12,16H,6-9H2,1-5H3,(H,22,23)/t16-/m0/s1. The van der Waals surface area contributed by atoms with Crippen LogP contribution < -0.4 is 0 Å². The molecule has 29 heavy (non-hydrogen) atoms. The third-order valence-corrected chi connectivity index (χ3v) is 5.44. The van der Waals surface area contributed by atoms with Gasteiger partial charge < -0.3 is 9.42 Å². The minimum Gasteiger partial charge on any atom is -0.356 e. The number of aryl methyl sites for hydroxylation is 2. The normalized spacial score (nSPS) is 17.7. The summed E-state index contributed by atoms with van der Waals surface area (Å²) in [5.74, 6) is 0.616. The highest BCUT2D eigenvalue weighted by Gasteiger charge is 2.34. The van der Waals surface area contributed by atoms with E-state index >= 15 is 0 Å². The van der Waals surface area contributed by atoms with Crippen LogP contribution in [-0.4, -0.2) is 42.5 Å². The van der Waals surface area contributed by atoms with E-state index in [0.29, 0.717) is 18.0 Å². The van der Waals surface area contributed by atoms with Crippen LogP contribution in [0.4, 0.5) is 0 Å². The van der Waals surface area contributed by atoms with Gasteiger partial charge in [-0.1, -0.05) is 25.9 Å². The molecule has 4 heterocycles. The van der Waals surface area contributed by atoms with Crippen LogP contribution >= 0.6 is 0 Å². The van der Waals surface area contributed by atoms with Crippen molar-refractivity contribution in [3.05, 3.63) is 41.1 Å². The van der Waals surface area contributed by atoms with E-state index in [-0.39, 0.29) is 17.4 Å². The molecule has 4 rings (SSSR count). The Morgan fingerprint density at radius 2 is 2.07 bits per heavy atom. The zero-order chi connectivity index (χ0) is 20.8. The van der Waals surface area contributed by atoms with Gasteiger partial charge in [0.25, 0.3) is 5.91 Å². The van der Waals surface area contributed by atoms with Gasteiger partial charge in [-0.15, -0.1) is 0 Å². The number of amides is 1. The van der Waals surface area contributed by atoms with Crippen LogP contribution in [0.3, 0.4) is 0 Å². The Labute approximate surface area is 170 Å². The van der Waals surface area contributed by atoms with Gasteiger partial charge in [0.15, 0.2) is 5.76 Å². The highest BCUT2D eigenvalue weighted by atomic mass is 16.5. The molecule has 0 radical (unpaired) electrons. The summed E-state index contributed by atoms with van der Waals surface area (Å²) >= 11 is 0. The molecule has 1 amide bonds. The third-order valence-electron chi connectivity index (χ3n) is 5.44. The molecule has 1 saturated heterocycles. The minimum absolute atomic E-state index is 0.0631. The number of H-pyrrole nitrogens is 1. The molecule has 8 nitrogen and oxygen atoms in total. The largest absolute Gasteiger partial charge is 0.356 e. The molecule has 1 N–H and O–H groups in total. The van der Waals surface area contributed by atoms with Crippen LogP contribution in [0.15, 0.2) is 22.9 Å². The van der Waals surface area contributed by atoms with E-state index in [4.69, 9.17) is 9.62 Å². The maximum absolute atomic E-state index is 13.4. The number of nitrogens with zero attached hydrogens (tertiary/aromatic N) is 5. The fraction of sp³-hybridized carbons (Fsp3) is 0.524.